The zero-order valence-corrected chi connectivity index (χ0v) is 11.6. The Balaban J connectivity index is 1.78. The highest BCUT2D eigenvalue weighted by atomic mass is 14.9. The first-order valence-corrected chi connectivity index (χ1v) is 7.28. The van der Waals surface area contributed by atoms with E-state index in [0.29, 0.717) is 0 Å². The van der Waals surface area contributed by atoms with Crippen LogP contribution in [-0.2, 0) is 19.3 Å². The zero-order chi connectivity index (χ0) is 13.1. The molecule has 98 valence electrons. The molecule has 2 aromatic carbocycles. The van der Waals surface area contributed by atoms with Crippen LogP contribution in [-0.4, -0.2) is 6.54 Å². The molecular formula is C18H21N. The van der Waals surface area contributed by atoms with Crippen LogP contribution in [0, 0.1) is 0 Å². The third kappa shape index (κ3) is 2.81. The monoisotopic (exact) mass is 251 g/mol. The summed E-state index contributed by atoms with van der Waals surface area (Å²) in [6, 6.07) is 15.9. The van der Waals surface area contributed by atoms with Gasteiger partial charge in [0.2, 0.25) is 0 Å². The summed E-state index contributed by atoms with van der Waals surface area (Å²) in [5.41, 5.74) is 7.05. The van der Waals surface area contributed by atoms with Crippen LogP contribution in [0.5, 0.6) is 0 Å². The smallest absolute Gasteiger partial charge is 0.0372 e. The summed E-state index contributed by atoms with van der Waals surface area (Å²) in [6.07, 6.45) is 4.62. The predicted octanol–water partition coefficient (Wildman–Crippen LogP) is 4.20. The van der Waals surface area contributed by atoms with E-state index in [-0.39, 0.29) is 0 Å². The van der Waals surface area contributed by atoms with Crippen molar-refractivity contribution in [2.24, 2.45) is 0 Å². The molecule has 0 fully saturated rings. The molecule has 0 radical (unpaired) electrons. The van der Waals surface area contributed by atoms with Crippen LogP contribution in [0.3, 0.4) is 0 Å². The molecule has 0 aliphatic carbocycles. The second-order valence-corrected chi connectivity index (χ2v) is 5.37. The van der Waals surface area contributed by atoms with Crippen molar-refractivity contribution in [1.82, 2.24) is 0 Å². The third-order valence-corrected chi connectivity index (χ3v) is 3.95. The highest BCUT2D eigenvalue weighted by molar-refractivity contribution is 5.54. The van der Waals surface area contributed by atoms with Crippen LogP contribution in [0.25, 0.3) is 0 Å². The Morgan fingerprint density at radius 3 is 2.47 bits per heavy atom. The minimum absolute atomic E-state index is 1.04. The topological polar surface area (TPSA) is 12.0 Å². The zero-order valence-electron chi connectivity index (χ0n) is 11.6. The van der Waals surface area contributed by atoms with Gasteiger partial charge in [-0.15, -0.1) is 0 Å². The minimum atomic E-state index is 1.04. The number of anilines is 1. The van der Waals surface area contributed by atoms with Gasteiger partial charge in [0.15, 0.2) is 0 Å². The van der Waals surface area contributed by atoms with Gasteiger partial charge in [-0.1, -0.05) is 43.3 Å². The maximum Gasteiger partial charge on any atom is 0.0372 e. The normalized spacial score (nSPS) is 13.7. The molecule has 0 saturated heterocycles. The molecule has 3 rings (SSSR count). The molecule has 2 aromatic rings. The standard InChI is InChI=1S/C18H21N/c1-2-14-5-7-15(8-6-14)12-16-9-10-18-17(13-16)4-3-11-19-18/h5-10,13,19H,2-4,11-12H2,1H3. The van der Waals surface area contributed by atoms with Crippen LogP contribution < -0.4 is 5.32 Å². The number of hydrogen-bond acceptors (Lipinski definition) is 1. The van der Waals surface area contributed by atoms with Gasteiger partial charge in [-0.05, 0) is 54.0 Å². The number of rotatable bonds is 3. The molecule has 0 unspecified atom stereocenters. The fraction of sp³-hybridized carbons (Fsp3) is 0.333. The van der Waals surface area contributed by atoms with Crippen molar-refractivity contribution in [2.75, 3.05) is 11.9 Å². The quantitative estimate of drug-likeness (QED) is 0.862. The lowest BCUT2D eigenvalue weighted by Crippen LogP contribution is -2.11. The van der Waals surface area contributed by atoms with Crippen LogP contribution in [0.1, 0.15) is 35.6 Å². The Labute approximate surface area is 115 Å². The molecule has 0 aromatic heterocycles. The largest absolute Gasteiger partial charge is 0.385 e. The molecule has 0 saturated carbocycles. The molecule has 1 heteroatoms. The van der Waals surface area contributed by atoms with Gasteiger partial charge in [-0.3, -0.25) is 0 Å². The lowest BCUT2D eigenvalue weighted by atomic mass is 9.97. The second kappa shape index (κ2) is 5.48. The summed E-state index contributed by atoms with van der Waals surface area (Å²) in [5.74, 6) is 0. The second-order valence-electron chi connectivity index (χ2n) is 5.37. The number of benzene rings is 2. The fourth-order valence-electron chi connectivity index (χ4n) is 2.77. The van der Waals surface area contributed by atoms with E-state index in [1.165, 1.54) is 40.8 Å². The lowest BCUT2D eigenvalue weighted by Gasteiger charge is -2.18. The molecule has 0 spiro atoms. The van der Waals surface area contributed by atoms with Gasteiger partial charge >= 0.3 is 0 Å². The van der Waals surface area contributed by atoms with E-state index in [1.54, 1.807) is 0 Å². The van der Waals surface area contributed by atoms with Gasteiger partial charge in [0.25, 0.3) is 0 Å². The van der Waals surface area contributed by atoms with Gasteiger partial charge in [0.1, 0.15) is 0 Å². The van der Waals surface area contributed by atoms with Crippen molar-refractivity contribution >= 4 is 5.69 Å². The van der Waals surface area contributed by atoms with E-state index in [9.17, 15) is 0 Å². The summed E-state index contributed by atoms with van der Waals surface area (Å²) in [5, 5.41) is 3.47. The first-order valence-electron chi connectivity index (χ1n) is 7.28. The van der Waals surface area contributed by atoms with Crippen LogP contribution in [0.2, 0.25) is 0 Å². The highest BCUT2D eigenvalue weighted by Gasteiger charge is 2.08. The Hall–Kier alpha value is -1.76. The molecule has 1 heterocycles. The summed E-state index contributed by atoms with van der Waals surface area (Å²) in [6.45, 7) is 3.32. The maximum absolute atomic E-state index is 3.47. The predicted molar refractivity (Wildman–Crippen MR) is 81.9 cm³/mol. The van der Waals surface area contributed by atoms with E-state index < -0.39 is 0 Å². The molecule has 1 aliphatic rings. The van der Waals surface area contributed by atoms with E-state index >= 15 is 0 Å². The van der Waals surface area contributed by atoms with Crippen molar-refractivity contribution in [3.05, 3.63) is 64.7 Å². The number of fused-ring (bicyclic) bond motifs is 1. The molecule has 0 atom stereocenters. The average molecular weight is 251 g/mol. The van der Waals surface area contributed by atoms with Crippen molar-refractivity contribution in [2.45, 2.75) is 32.6 Å². The fourth-order valence-corrected chi connectivity index (χ4v) is 2.77. The Morgan fingerprint density at radius 1 is 0.947 bits per heavy atom. The van der Waals surface area contributed by atoms with Gasteiger partial charge in [-0.25, -0.2) is 0 Å². The van der Waals surface area contributed by atoms with Gasteiger partial charge in [0.05, 0.1) is 0 Å². The maximum atomic E-state index is 3.47. The van der Waals surface area contributed by atoms with Crippen LogP contribution in [0.4, 0.5) is 5.69 Å². The van der Waals surface area contributed by atoms with Gasteiger partial charge < -0.3 is 5.32 Å². The number of hydrogen-bond donors (Lipinski definition) is 1. The first-order chi connectivity index (χ1) is 9.35. The van der Waals surface area contributed by atoms with E-state index in [1.807, 2.05) is 0 Å². The molecule has 19 heavy (non-hydrogen) atoms. The molecule has 0 amide bonds. The number of nitrogens with one attached hydrogen (secondary N) is 1. The molecule has 1 N–H and O–H groups in total. The van der Waals surface area contributed by atoms with E-state index in [4.69, 9.17) is 0 Å². The van der Waals surface area contributed by atoms with E-state index in [2.05, 4.69) is 54.7 Å². The first kappa shape index (κ1) is 12.3. The summed E-state index contributed by atoms with van der Waals surface area (Å²) in [4.78, 5) is 0. The minimum Gasteiger partial charge on any atom is -0.385 e. The third-order valence-electron chi connectivity index (χ3n) is 3.95. The lowest BCUT2D eigenvalue weighted by molar-refractivity contribution is 0.828. The molecule has 1 nitrogen and oxygen atoms in total. The summed E-state index contributed by atoms with van der Waals surface area (Å²) in [7, 11) is 0. The molecule has 1 aliphatic heterocycles. The summed E-state index contributed by atoms with van der Waals surface area (Å²) < 4.78 is 0. The van der Waals surface area contributed by atoms with Crippen molar-refractivity contribution in [3.63, 3.8) is 0 Å². The Bertz CT molecular complexity index is 554. The van der Waals surface area contributed by atoms with Crippen molar-refractivity contribution in [1.29, 1.82) is 0 Å². The van der Waals surface area contributed by atoms with Crippen LogP contribution in [0.15, 0.2) is 42.5 Å². The van der Waals surface area contributed by atoms with Crippen molar-refractivity contribution in [3.8, 4) is 0 Å². The van der Waals surface area contributed by atoms with Gasteiger partial charge in [0, 0.05) is 12.2 Å². The molecular weight excluding hydrogens is 230 g/mol. The highest BCUT2D eigenvalue weighted by Crippen LogP contribution is 2.24. The average Bonchev–Trinajstić information content (AvgIpc) is 2.48. The van der Waals surface area contributed by atoms with Crippen molar-refractivity contribution < 1.29 is 0 Å². The number of aryl methyl sites for hydroxylation is 2. The SMILES string of the molecule is CCc1ccc(Cc2ccc3c(c2)CCCN3)cc1. The Kier molecular flexibility index (Phi) is 3.54. The summed E-state index contributed by atoms with van der Waals surface area (Å²) >= 11 is 0. The molecule has 0 bridgehead atoms. The van der Waals surface area contributed by atoms with Crippen LogP contribution >= 0.6 is 0 Å². The Morgan fingerprint density at radius 2 is 1.68 bits per heavy atom. The van der Waals surface area contributed by atoms with Gasteiger partial charge in [-0.2, -0.15) is 0 Å². The van der Waals surface area contributed by atoms with E-state index in [0.717, 1.165) is 19.4 Å².